The van der Waals surface area contributed by atoms with Gasteiger partial charge >= 0.3 is 18.0 Å². The topological polar surface area (TPSA) is 93.7 Å². The molecule has 0 spiro atoms. The van der Waals surface area contributed by atoms with E-state index in [-0.39, 0.29) is 16.8 Å². The molecule has 0 aromatic heterocycles. The lowest BCUT2D eigenvalue weighted by molar-refractivity contribution is 0.0587. The van der Waals surface area contributed by atoms with Gasteiger partial charge in [0.05, 0.1) is 31.0 Å². The number of methoxy groups -OCH3 is 2. The number of nitrogens with one attached hydrogen (secondary N) is 2. The lowest BCUT2D eigenvalue weighted by Crippen LogP contribution is -2.31. The Bertz CT molecular complexity index is 790. The normalized spacial score (nSPS) is 9.92. The van der Waals surface area contributed by atoms with E-state index in [0.29, 0.717) is 13.0 Å². The summed E-state index contributed by atoms with van der Waals surface area (Å²) in [5, 5.41) is 5.28. The number of anilines is 1. The van der Waals surface area contributed by atoms with Gasteiger partial charge in [-0.05, 0) is 30.2 Å². The molecule has 2 amide bonds. The van der Waals surface area contributed by atoms with Gasteiger partial charge in [-0.3, -0.25) is 0 Å². The standard InChI is InChI=1S/C19H20N2O5/c1-25-17(22)14-8-9-15(18(23)26-2)16(12-14)21-19(24)20-11-10-13-6-4-3-5-7-13/h3-9,12H,10-11H2,1-2H3,(H2,20,21,24). The van der Waals surface area contributed by atoms with Crippen molar-refractivity contribution in [2.75, 3.05) is 26.1 Å². The molecule has 0 radical (unpaired) electrons. The van der Waals surface area contributed by atoms with Crippen LogP contribution >= 0.6 is 0 Å². The Morgan fingerprint density at radius 1 is 0.923 bits per heavy atom. The van der Waals surface area contributed by atoms with Crippen molar-refractivity contribution in [1.29, 1.82) is 0 Å². The maximum Gasteiger partial charge on any atom is 0.339 e. The van der Waals surface area contributed by atoms with Gasteiger partial charge in [0.15, 0.2) is 0 Å². The summed E-state index contributed by atoms with van der Waals surface area (Å²) in [7, 11) is 2.49. The van der Waals surface area contributed by atoms with E-state index in [1.165, 1.54) is 32.4 Å². The lowest BCUT2D eigenvalue weighted by Gasteiger charge is -2.12. The fourth-order valence-electron chi connectivity index (χ4n) is 2.31. The van der Waals surface area contributed by atoms with Crippen molar-refractivity contribution in [3.63, 3.8) is 0 Å². The fraction of sp³-hybridized carbons (Fsp3) is 0.211. The van der Waals surface area contributed by atoms with Crippen molar-refractivity contribution >= 4 is 23.7 Å². The number of benzene rings is 2. The van der Waals surface area contributed by atoms with Gasteiger partial charge in [-0.2, -0.15) is 0 Å². The molecule has 26 heavy (non-hydrogen) atoms. The first-order valence-electron chi connectivity index (χ1n) is 7.94. The van der Waals surface area contributed by atoms with Gasteiger partial charge in [0.1, 0.15) is 0 Å². The van der Waals surface area contributed by atoms with Crippen molar-refractivity contribution < 1.29 is 23.9 Å². The first-order valence-corrected chi connectivity index (χ1v) is 7.94. The Morgan fingerprint density at radius 2 is 1.62 bits per heavy atom. The molecule has 2 aromatic rings. The van der Waals surface area contributed by atoms with Gasteiger partial charge < -0.3 is 20.1 Å². The number of amides is 2. The van der Waals surface area contributed by atoms with Crippen LogP contribution in [0.3, 0.4) is 0 Å². The van der Waals surface area contributed by atoms with Crippen LogP contribution in [0.5, 0.6) is 0 Å². The minimum absolute atomic E-state index is 0.137. The van der Waals surface area contributed by atoms with E-state index in [9.17, 15) is 14.4 Å². The summed E-state index contributed by atoms with van der Waals surface area (Å²) in [6, 6.07) is 13.4. The molecule has 2 aromatic carbocycles. The second-order valence-electron chi connectivity index (χ2n) is 5.36. The van der Waals surface area contributed by atoms with Crippen molar-refractivity contribution in [3.8, 4) is 0 Å². The first kappa shape index (κ1) is 19.0. The Kier molecular flexibility index (Phi) is 6.73. The third kappa shape index (κ3) is 5.07. The molecule has 0 aliphatic rings. The van der Waals surface area contributed by atoms with Crippen molar-refractivity contribution in [2.24, 2.45) is 0 Å². The molecule has 0 bridgehead atoms. The quantitative estimate of drug-likeness (QED) is 0.776. The van der Waals surface area contributed by atoms with Gasteiger partial charge in [0.25, 0.3) is 0 Å². The predicted octanol–water partition coefficient (Wildman–Crippen LogP) is 2.62. The maximum atomic E-state index is 12.1. The first-order chi connectivity index (χ1) is 12.5. The van der Waals surface area contributed by atoms with E-state index in [1.54, 1.807) is 0 Å². The van der Waals surface area contributed by atoms with Crippen LogP contribution in [-0.4, -0.2) is 38.7 Å². The van der Waals surface area contributed by atoms with Gasteiger partial charge in [0.2, 0.25) is 0 Å². The molecule has 0 saturated heterocycles. The SMILES string of the molecule is COC(=O)c1ccc(C(=O)OC)c(NC(=O)NCCc2ccccc2)c1. The number of carbonyl (C=O) groups is 3. The summed E-state index contributed by atoms with van der Waals surface area (Å²) >= 11 is 0. The highest BCUT2D eigenvalue weighted by Gasteiger charge is 2.17. The number of rotatable bonds is 6. The van der Waals surface area contributed by atoms with Crippen LogP contribution in [-0.2, 0) is 15.9 Å². The number of carbonyl (C=O) groups excluding carboxylic acids is 3. The molecule has 2 N–H and O–H groups in total. The molecule has 0 atom stereocenters. The fourth-order valence-corrected chi connectivity index (χ4v) is 2.31. The van der Waals surface area contributed by atoms with Crippen molar-refractivity contribution in [2.45, 2.75) is 6.42 Å². The molecule has 2 rings (SSSR count). The zero-order chi connectivity index (χ0) is 18.9. The lowest BCUT2D eigenvalue weighted by atomic mass is 10.1. The molecule has 136 valence electrons. The number of hydrogen-bond donors (Lipinski definition) is 2. The van der Waals surface area contributed by atoms with Gasteiger partial charge in [-0.1, -0.05) is 30.3 Å². The van der Waals surface area contributed by atoms with Crippen molar-refractivity contribution in [1.82, 2.24) is 5.32 Å². The number of esters is 2. The largest absolute Gasteiger partial charge is 0.465 e. The summed E-state index contributed by atoms with van der Waals surface area (Å²) < 4.78 is 9.35. The van der Waals surface area contributed by atoms with Crippen molar-refractivity contribution in [3.05, 3.63) is 65.2 Å². The molecular formula is C19H20N2O5. The Labute approximate surface area is 151 Å². The average Bonchev–Trinajstić information content (AvgIpc) is 2.67. The molecule has 0 unspecified atom stereocenters. The van der Waals surface area contributed by atoms with E-state index < -0.39 is 18.0 Å². The number of hydrogen-bond acceptors (Lipinski definition) is 5. The van der Waals surface area contributed by atoms with Gasteiger partial charge in [-0.25, -0.2) is 14.4 Å². The van der Waals surface area contributed by atoms with Gasteiger partial charge in [0, 0.05) is 6.54 Å². The van der Waals surface area contributed by atoms with Crippen LogP contribution in [0.4, 0.5) is 10.5 Å². The van der Waals surface area contributed by atoms with E-state index in [0.717, 1.165) is 5.56 Å². The summed E-state index contributed by atoms with van der Waals surface area (Å²) in [5.74, 6) is -1.20. The minimum atomic E-state index is -0.624. The zero-order valence-corrected chi connectivity index (χ0v) is 14.6. The minimum Gasteiger partial charge on any atom is -0.465 e. The van der Waals surface area contributed by atoms with Crippen LogP contribution in [0.2, 0.25) is 0 Å². The van der Waals surface area contributed by atoms with Crippen LogP contribution in [0.1, 0.15) is 26.3 Å². The van der Waals surface area contributed by atoms with E-state index in [1.807, 2.05) is 30.3 Å². The molecule has 7 heteroatoms. The molecule has 0 saturated carbocycles. The highest BCUT2D eigenvalue weighted by atomic mass is 16.5. The third-order valence-corrected chi connectivity index (χ3v) is 3.64. The number of ether oxygens (including phenoxy) is 2. The summed E-state index contributed by atoms with van der Waals surface area (Å²) in [5.41, 5.74) is 1.60. The van der Waals surface area contributed by atoms with E-state index in [4.69, 9.17) is 4.74 Å². The van der Waals surface area contributed by atoms with Crippen LogP contribution in [0.25, 0.3) is 0 Å². The Hall–Kier alpha value is -3.35. The van der Waals surface area contributed by atoms with Gasteiger partial charge in [-0.15, -0.1) is 0 Å². The second-order valence-corrected chi connectivity index (χ2v) is 5.36. The summed E-state index contributed by atoms with van der Waals surface area (Å²) in [4.78, 5) is 35.6. The van der Waals surface area contributed by atoms with Crippen LogP contribution in [0, 0.1) is 0 Å². The molecule has 0 heterocycles. The van der Waals surface area contributed by atoms with Crippen LogP contribution < -0.4 is 10.6 Å². The smallest absolute Gasteiger partial charge is 0.339 e. The second kappa shape index (κ2) is 9.22. The molecule has 0 fully saturated rings. The summed E-state index contributed by atoms with van der Waals surface area (Å²) in [6.07, 6.45) is 0.667. The monoisotopic (exact) mass is 356 g/mol. The highest BCUT2D eigenvalue weighted by Crippen LogP contribution is 2.19. The molecule has 7 nitrogen and oxygen atoms in total. The van der Waals surface area contributed by atoms with E-state index in [2.05, 4.69) is 15.4 Å². The summed E-state index contributed by atoms with van der Waals surface area (Å²) in [6.45, 7) is 0.417. The maximum absolute atomic E-state index is 12.1. The molecular weight excluding hydrogens is 336 g/mol. The van der Waals surface area contributed by atoms with E-state index >= 15 is 0 Å². The zero-order valence-electron chi connectivity index (χ0n) is 14.6. The third-order valence-electron chi connectivity index (χ3n) is 3.64. The Balaban J connectivity index is 2.06. The highest BCUT2D eigenvalue weighted by molar-refractivity contribution is 6.03. The number of urea groups is 1. The van der Waals surface area contributed by atoms with Crippen LogP contribution in [0.15, 0.2) is 48.5 Å². The Morgan fingerprint density at radius 3 is 2.27 bits per heavy atom. The predicted molar refractivity (Wildman–Crippen MR) is 96.3 cm³/mol. The molecule has 0 aliphatic heterocycles. The molecule has 0 aliphatic carbocycles. The average molecular weight is 356 g/mol.